The van der Waals surface area contributed by atoms with Crippen LogP contribution in [0.5, 0.6) is 0 Å². The number of ether oxygens (including phenoxy) is 5. The van der Waals surface area contributed by atoms with Gasteiger partial charge in [-0.15, -0.1) is 0 Å². The van der Waals surface area contributed by atoms with Gasteiger partial charge < -0.3 is 44.3 Å². The molecule has 1 saturated heterocycles. The molecule has 3 aliphatic carbocycles. The first-order valence-corrected chi connectivity index (χ1v) is 22.1. The Morgan fingerprint density at radius 2 is 1.30 bits per heavy atom. The maximum atomic E-state index is 15.2. The van der Waals surface area contributed by atoms with E-state index in [0.717, 1.165) is 6.92 Å². The normalized spacial score (nSPS) is 30.3. The van der Waals surface area contributed by atoms with E-state index in [2.05, 4.69) is 5.32 Å². The predicted molar refractivity (Wildman–Crippen MR) is 238 cm³/mol. The number of fused-ring (bicyclic) bond motifs is 5. The number of hydrogen-bond donors (Lipinski definition) is 4. The second-order valence-electron chi connectivity index (χ2n) is 18.5. The van der Waals surface area contributed by atoms with Crippen molar-refractivity contribution in [3.05, 3.63) is 155 Å². The Balaban J connectivity index is 1.27. The highest BCUT2D eigenvalue weighted by atomic mass is 16.6. The summed E-state index contributed by atoms with van der Waals surface area (Å²) >= 11 is 0. The van der Waals surface area contributed by atoms with Crippen molar-refractivity contribution in [2.24, 2.45) is 16.7 Å². The summed E-state index contributed by atoms with van der Waals surface area (Å²) in [5, 5.41) is 41.0. The van der Waals surface area contributed by atoms with Crippen molar-refractivity contribution in [1.29, 1.82) is 0 Å². The van der Waals surface area contributed by atoms with Crippen molar-refractivity contribution >= 4 is 35.6 Å². The molecule has 15 heteroatoms. The van der Waals surface area contributed by atoms with E-state index in [9.17, 15) is 34.5 Å². The maximum Gasteiger partial charge on any atom is 0.350 e. The van der Waals surface area contributed by atoms with Crippen LogP contribution >= 0.6 is 0 Å². The molecule has 4 aliphatic rings. The van der Waals surface area contributed by atoms with Gasteiger partial charge in [-0.2, -0.15) is 0 Å². The molecule has 4 aromatic carbocycles. The zero-order valence-corrected chi connectivity index (χ0v) is 37.6. The van der Waals surface area contributed by atoms with Crippen LogP contribution in [0.25, 0.3) is 0 Å². The smallest absolute Gasteiger partial charge is 0.350 e. The first kappa shape index (κ1) is 47.0. The second kappa shape index (κ2) is 17.9. The van der Waals surface area contributed by atoms with Gasteiger partial charge >= 0.3 is 23.9 Å². The van der Waals surface area contributed by atoms with Crippen molar-refractivity contribution in [2.45, 2.75) is 101 Å². The Labute approximate surface area is 387 Å². The molecular weight excluding hydrogens is 863 g/mol. The van der Waals surface area contributed by atoms with Gasteiger partial charge in [0, 0.05) is 30.7 Å². The van der Waals surface area contributed by atoms with Crippen LogP contribution in [0.15, 0.2) is 132 Å². The summed E-state index contributed by atoms with van der Waals surface area (Å²) < 4.78 is 30.7. The molecule has 2 bridgehead atoms. The fraction of sp³-hybridized carbons (Fsp3) is 0.385. The van der Waals surface area contributed by atoms with Crippen LogP contribution in [-0.2, 0) is 38.1 Å². The fourth-order valence-electron chi connectivity index (χ4n) is 10.8. The third-order valence-corrected chi connectivity index (χ3v) is 14.4. The molecule has 4 N–H and O–H groups in total. The van der Waals surface area contributed by atoms with Gasteiger partial charge in [-0.1, -0.05) is 98.8 Å². The van der Waals surface area contributed by atoms with Gasteiger partial charge in [0.15, 0.2) is 11.4 Å². The monoisotopic (exact) mass is 915 g/mol. The number of amides is 1. The number of aliphatic hydroxyl groups is 3. The molecule has 4 aromatic rings. The zero-order chi connectivity index (χ0) is 48.1. The highest BCUT2D eigenvalue weighted by molar-refractivity contribution is 5.96. The molecule has 2 saturated carbocycles. The average molecular weight is 916 g/mol. The van der Waals surface area contributed by atoms with Crippen LogP contribution in [0.4, 0.5) is 0 Å². The lowest BCUT2D eigenvalue weighted by Crippen LogP contribution is -2.81. The van der Waals surface area contributed by atoms with Crippen molar-refractivity contribution < 1.29 is 67.8 Å². The molecule has 0 spiro atoms. The Bertz CT molecular complexity index is 2590. The van der Waals surface area contributed by atoms with E-state index < -0.39 is 113 Å². The fourth-order valence-corrected chi connectivity index (χ4v) is 10.8. The molecule has 1 heterocycles. The van der Waals surface area contributed by atoms with Crippen molar-refractivity contribution in [2.75, 3.05) is 6.61 Å². The number of nitrogens with one attached hydrogen (secondary N) is 1. The number of aliphatic hydroxyl groups excluding tert-OH is 2. The highest BCUT2D eigenvalue weighted by Crippen LogP contribution is 2.64. The Morgan fingerprint density at radius 1 is 0.761 bits per heavy atom. The third kappa shape index (κ3) is 8.03. The van der Waals surface area contributed by atoms with Gasteiger partial charge in [0.1, 0.15) is 36.1 Å². The van der Waals surface area contributed by atoms with Crippen LogP contribution in [0.2, 0.25) is 0 Å². The molecule has 3 fully saturated rings. The number of carbonyl (C=O) groups is 6. The number of esters is 4. The van der Waals surface area contributed by atoms with Gasteiger partial charge in [-0.25, -0.2) is 14.4 Å². The second-order valence-corrected chi connectivity index (χ2v) is 18.5. The molecule has 8 rings (SSSR count). The first-order valence-electron chi connectivity index (χ1n) is 22.1. The minimum Gasteiger partial charge on any atom is -0.455 e. The van der Waals surface area contributed by atoms with Gasteiger partial charge in [-0.3, -0.25) is 14.4 Å². The number of rotatable bonds is 11. The molecule has 15 nitrogen and oxygen atoms in total. The van der Waals surface area contributed by atoms with Crippen LogP contribution in [-0.4, -0.2) is 105 Å². The molecule has 350 valence electrons. The number of Topliss-reactive ketones (excluding diaryl/α,β-unsaturated/α-hetero) is 1. The molecule has 1 amide bonds. The van der Waals surface area contributed by atoms with Crippen LogP contribution < -0.4 is 5.32 Å². The number of ketones is 1. The summed E-state index contributed by atoms with van der Waals surface area (Å²) in [7, 11) is 0. The Morgan fingerprint density at radius 3 is 1.84 bits per heavy atom. The van der Waals surface area contributed by atoms with Crippen LogP contribution in [0.3, 0.4) is 0 Å². The topological polar surface area (TPSA) is 221 Å². The quantitative estimate of drug-likeness (QED) is 0.0881. The van der Waals surface area contributed by atoms with E-state index in [4.69, 9.17) is 23.7 Å². The van der Waals surface area contributed by atoms with E-state index in [-0.39, 0.29) is 40.9 Å². The Hall–Kier alpha value is -6.52. The first-order chi connectivity index (χ1) is 31.8. The van der Waals surface area contributed by atoms with Gasteiger partial charge in [0.25, 0.3) is 5.91 Å². The molecule has 0 radical (unpaired) electrons. The average Bonchev–Trinajstić information content (AvgIpc) is 3.32. The molecule has 1 aliphatic heterocycles. The summed E-state index contributed by atoms with van der Waals surface area (Å²) in [6.45, 7) is 6.85. The van der Waals surface area contributed by atoms with Crippen molar-refractivity contribution in [3.8, 4) is 0 Å². The van der Waals surface area contributed by atoms with E-state index in [0.29, 0.717) is 5.56 Å². The van der Waals surface area contributed by atoms with E-state index in [1.165, 1.54) is 38.1 Å². The minimum atomic E-state index is -2.41. The summed E-state index contributed by atoms with van der Waals surface area (Å²) in [5.74, 6) is -6.93. The summed E-state index contributed by atoms with van der Waals surface area (Å²) in [4.78, 5) is 85.5. The van der Waals surface area contributed by atoms with E-state index in [1.807, 2.05) is 0 Å². The number of carbonyl (C=O) groups excluding carboxylic acids is 6. The molecular formula is C52H53NO14. The highest BCUT2D eigenvalue weighted by Gasteiger charge is 2.78. The predicted octanol–water partition coefficient (Wildman–Crippen LogP) is 5.03. The Kier molecular flexibility index (Phi) is 12.6. The van der Waals surface area contributed by atoms with Crippen LogP contribution in [0.1, 0.15) is 90.1 Å². The number of hydrogen-bond acceptors (Lipinski definition) is 14. The lowest BCUT2D eigenvalue weighted by Gasteiger charge is -2.67. The van der Waals surface area contributed by atoms with Crippen molar-refractivity contribution in [1.82, 2.24) is 5.32 Å². The SMILES string of the molecule is CC(=O)O[C@@]12CO[C@@H]1C[C@H](O)[C@@]1(C)C(=O)[C@H](O)C3=C(C)[C@@H](OC(=O)[C@H](OC(=O)c4ccccc4)[C@@H](NC(=O)c4ccccc4)c4ccccc4)C[C@@](O)([C@@H](OC(=O)c4ccccc4)C12)C3(C)C. The number of benzene rings is 4. The van der Waals surface area contributed by atoms with E-state index >= 15 is 9.59 Å². The van der Waals surface area contributed by atoms with Gasteiger partial charge in [0.2, 0.25) is 6.10 Å². The maximum absolute atomic E-state index is 15.2. The summed E-state index contributed by atoms with van der Waals surface area (Å²) in [6.07, 6.45) is -10.7. The summed E-state index contributed by atoms with van der Waals surface area (Å²) in [5.41, 5.74) is -7.11. The van der Waals surface area contributed by atoms with Crippen molar-refractivity contribution in [3.63, 3.8) is 0 Å². The van der Waals surface area contributed by atoms with Crippen LogP contribution in [0, 0.1) is 16.7 Å². The summed E-state index contributed by atoms with van der Waals surface area (Å²) in [6, 6.07) is 30.9. The molecule has 0 aromatic heterocycles. The third-order valence-electron chi connectivity index (χ3n) is 14.4. The van der Waals surface area contributed by atoms with Gasteiger partial charge in [0.05, 0.1) is 35.2 Å². The van der Waals surface area contributed by atoms with E-state index in [1.54, 1.807) is 111 Å². The molecule has 67 heavy (non-hydrogen) atoms. The largest absolute Gasteiger partial charge is 0.455 e. The minimum absolute atomic E-state index is 0.0663. The molecule has 1 unspecified atom stereocenters. The zero-order valence-electron chi connectivity index (χ0n) is 37.6. The lowest BCUT2D eigenvalue weighted by molar-refractivity contribution is -0.346. The molecule has 11 atom stereocenters. The lowest BCUT2D eigenvalue weighted by atomic mass is 9.44. The van der Waals surface area contributed by atoms with Gasteiger partial charge in [-0.05, 0) is 67.0 Å². The standard InChI is InChI=1S/C52H53NO14/c1-29-35(64-48(61)41(65-46(59)33-22-14-8-15-23-33)39(31-18-10-6-11-19-31)53-45(58)32-20-12-7-13-21-32)27-52(62)44(66-47(60)34-24-16-9-17-25-34)42-50(5,43(57)40(56)38(29)49(52,3)4)36(55)26-37-51(42,28-63-37)67-30(2)54/h6-25,35-37,39-42,44,55-56,62H,26-28H2,1-5H3,(H,53,58)/t35-,36-,37+,39-,40+,41+,42?,44-,50+,51-,52+/m0/s1.